The van der Waals surface area contributed by atoms with Crippen molar-refractivity contribution in [1.29, 1.82) is 0 Å². The number of halogens is 1. The average Bonchev–Trinajstić information content (AvgIpc) is 3.10. The molecule has 5 nitrogen and oxygen atoms in total. The molecule has 1 aromatic heterocycles. The summed E-state index contributed by atoms with van der Waals surface area (Å²) in [7, 11) is 0. The number of rotatable bonds is 4. The van der Waals surface area contributed by atoms with Crippen molar-refractivity contribution >= 4 is 44.2 Å². The van der Waals surface area contributed by atoms with Crippen LogP contribution in [0.3, 0.4) is 0 Å². The molecule has 1 aliphatic heterocycles. The molecule has 0 N–H and O–H groups in total. The zero-order valence-corrected chi connectivity index (χ0v) is 15.3. The first-order valence-corrected chi connectivity index (χ1v) is 9.26. The number of hydrogen-bond donors (Lipinski definition) is 0. The number of aromatic nitrogens is 1. The molecule has 1 aliphatic rings. The summed E-state index contributed by atoms with van der Waals surface area (Å²) in [5.41, 5.74) is 1.80. The molecular formula is C19H15ClN2O3S. The van der Waals surface area contributed by atoms with E-state index in [9.17, 15) is 4.79 Å². The number of nitrogens with zero attached hydrogens (tertiary/aromatic N) is 2. The van der Waals surface area contributed by atoms with Gasteiger partial charge in [0.2, 0.25) is 5.76 Å². The van der Waals surface area contributed by atoms with E-state index in [4.69, 9.17) is 21.1 Å². The SMILES string of the molecule is O=C(C1=COCCO1)N(Cc1ccccc1)c1nc2ccc(Cl)cc2s1. The van der Waals surface area contributed by atoms with E-state index in [1.54, 1.807) is 11.0 Å². The van der Waals surface area contributed by atoms with E-state index >= 15 is 0 Å². The molecule has 1 amide bonds. The summed E-state index contributed by atoms with van der Waals surface area (Å²) in [5.74, 6) is -0.0943. The van der Waals surface area contributed by atoms with Crippen LogP contribution in [0.4, 0.5) is 5.13 Å². The molecule has 2 aromatic carbocycles. The largest absolute Gasteiger partial charge is 0.494 e. The van der Waals surface area contributed by atoms with Crippen LogP contribution in [0.25, 0.3) is 10.2 Å². The molecule has 2 heterocycles. The van der Waals surface area contributed by atoms with Crippen LogP contribution in [0, 0.1) is 0 Å². The Kier molecular flexibility index (Phi) is 4.77. The molecule has 4 rings (SSSR count). The minimum absolute atomic E-state index is 0.185. The predicted molar refractivity (Wildman–Crippen MR) is 102 cm³/mol. The summed E-state index contributed by atoms with van der Waals surface area (Å²) in [6, 6.07) is 15.2. The molecule has 0 bridgehead atoms. The highest BCUT2D eigenvalue weighted by Crippen LogP contribution is 2.32. The Labute approximate surface area is 159 Å². The molecule has 0 atom stereocenters. The standard InChI is InChI=1S/C19H15ClN2O3S/c20-14-6-7-15-17(10-14)26-19(21-15)22(11-13-4-2-1-3-5-13)18(23)16-12-24-8-9-25-16/h1-7,10,12H,8-9,11H2. The molecule has 0 radical (unpaired) electrons. The highest BCUT2D eigenvalue weighted by Gasteiger charge is 2.26. The van der Waals surface area contributed by atoms with Crippen LogP contribution in [0.15, 0.2) is 60.6 Å². The number of hydrogen-bond acceptors (Lipinski definition) is 5. The Hall–Kier alpha value is -2.57. The van der Waals surface area contributed by atoms with Crippen molar-refractivity contribution in [3.8, 4) is 0 Å². The first kappa shape index (κ1) is 16.9. The topological polar surface area (TPSA) is 51.7 Å². The fourth-order valence-corrected chi connectivity index (χ4v) is 3.85. The summed E-state index contributed by atoms with van der Waals surface area (Å²) in [4.78, 5) is 19.3. The van der Waals surface area contributed by atoms with E-state index in [1.807, 2.05) is 42.5 Å². The van der Waals surface area contributed by atoms with Crippen LogP contribution in [-0.4, -0.2) is 24.1 Å². The number of anilines is 1. The van der Waals surface area contributed by atoms with Crippen molar-refractivity contribution in [2.24, 2.45) is 0 Å². The highest BCUT2D eigenvalue weighted by molar-refractivity contribution is 7.22. The van der Waals surface area contributed by atoms with Gasteiger partial charge in [-0.2, -0.15) is 0 Å². The Morgan fingerprint density at radius 2 is 2.04 bits per heavy atom. The Morgan fingerprint density at radius 3 is 2.81 bits per heavy atom. The minimum Gasteiger partial charge on any atom is -0.494 e. The van der Waals surface area contributed by atoms with Gasteiger partial charge in [0.15, 0.2) is 5.13 Å². The van der Waals surface area contributed by atoms with Crippen molar-refractivity contribution in [2.45, 2.75) is 6.54 Å². The molecule has 0 fully saturated rings. The quantitative estimate of drug-likeness (QED) is 0.668. The van der Waals surface area contributed by atoms with E-state index in [0.29, 0.717) is 29.9 Å². The second-order valence-corrected chi connectivity index (χ2v) is 7.13. The van der Waals surface area contributed by atoms with Gasteiger partial charge in [0.05, 0.1) is 16.8 Å². The molecule has 0 unspecified atom stereocenters. The maximum Gasteiger partial charge on any atom is 0.298 e. The van der Waals surface area contributed by atoms with Gasteiger partial charge in [0.25, 0.3) is 5.91 Å². The molecule has 0 saturated carbocycles. The van der Waals surface area contributed by atoms with Crippen molar-refractivity contribution in [2.75, 3.05) is 18.1 Å². The van der Waals surface area contributed by atoms with E-state index in [1.165, 1.54) is 17.6 Å². The number of benzene rings is 2. The van der Waals surface area contributed by atoms with Gasteiger partial charge < -0.3 is 9.47 Å². The molecule has 26 heavy (non-hydrogen) atoms. The monoisotopic (exact) mass is 386 g/mol. The fraction of sp³-hybridized carbons (Fsp3) is 0.158. The van der Waals surface area contributed by atoms with Crippen LogP contribution in [0.5, 0.6) is 0 Å². The minimum atomic E-state index is -0.279. The smallest absolute Gasteiger partial charge is 0.298 e. The first-order valence-electron chi connectivity index (χ1n) is 8.07. The fourth-order valence-electron chi connectivity index (χ4n) is 2.61. The Morgan fingerprint density at radius 1 is 1.19 bits per heavy atom. The number of thiazole rings is 1. The number of fused-ring (bicyclic) bond motifs is 1. The molecule has 132 valence electrons. The lowest BCUT2D eigenvalue weighted by molar-refractivity contribution is -0.119. The van der Waals surface area contributed by atoms with Gasteiger partial charge in [-0.1, -0.05) is 53.3 Å². The molecule has 7 heteroatoms. The first-order chi connectivity index (χ1) is 12.7. The Bertz CT molecular complexity index is 971. The maximum absolute atomic E-state index is 13.0. The van der Waals surface area contributed by atoms with Crippen molar-refractivity contribution in [1.82, 2.24) is 4.98 Å². The lowest BCUT2D eigenvalue weighted by atomic mass is 10.2. The third kappa shape index (κ3) is 3.52. The third-order valence-electron chi connectivity index (χ3n) is 3.86. The van der Waals surface area contributed by atoms with Crippen LogP contribution in [-0.2, 0) is 20.8 Å². The van der Waals surface area contributed by atoms with E-state index in [-0.39, 0.29) is 11.7 Å². The van der Waals surface area contributed by atoms with Gasteiger partial charge in [-0.3, -0.25) is 9.69 Å². The summed E-state index contributed by atoms with van der Waals surface area (Å²) < 4.78 is 11.6. The summed E-state index contributed by atoms with van der Waals surface area (Å²) in [5, 5.41) is 1.23. The van der Waals surface area contributed by atoms with Gasteiger partial charge in [-0.15, -0.1) is 0 Å². The zero-order valence-electron chi connectivity index (χ0n) is 13.7. The molecule has 0 spiro atoms. The predicted octanol–water partition coefficient (Wildman–Crippen LogP) is 4.37. The maximum atomic E-state index is 13.0. The van der Waals surface area contributed by atoms with Crippen LogP contribution in [0.2, 0.25) is 5.02 Å². The zero-order chi connectivity index (χ0) is 17.9. The summed E-state index contributed by atoms with van der Waals surface area (Å²) in [6.07, 6.45) is 1.37. The Balaban J connectivity index is 1.73. The van der Waals surface area contributed by atoms with Crippen molar-refractivity contribution < 1.29 is 14.3 Å². The molecular weight excluding hydrogens is 372 g/mol. The van der Waals surface area contributed by atoms with Gasteiger partial charge in [0.1, 0.15) is 19.5 Å². The van der Waals surface area contributed by atoms with Crippen molar-refractivity contribution in [3.63, 3.8) is 0 Å². The normalized spacial score (nSPS) is 13.7. The molecule has 3 aromatic rings. The molecule has 0 aliphatic carbocycles. The van der Waals surface area contributed by atoms with Gasteiger partial charge in [0, 0.05) is 5.02 Å². The third-order valence-corrected chi connectivity index (χ3v) is 5.13. The van der Waals surface area contributed by atoms with Gasteiger partial charge in [-0.25, -0.2) is 4.98 Å². The second-order valence-electron chi connectivity index (χ2n) is 5.69. The second kappa shape index (κ2) is 7.35. The average molecular weight is 387 g/mol. The van der Waals surface area contributed by atoms with Crippen LogP contribution in [0.1, 0.15) is 5.56 Å². The van der Waals surface area contributed by atoms with E-state index < -0.39 is 0 Å². The molecule has 0 saturated heterocycles. The number of ether oxygens (including phenoxy) is 2. The van der Waals surface area contributed by atoms with Gasteiger partial charge >= 0.3 is 0 Å². The summed E-state index contributed by atoms with van der Waals surface area (Å²) in [6.45, 7) is 1.18. The van der Waals surface area contributed by atoms with Crippen LogP contribution < -0.4 is 4.90 Å². The van der Waals surface area contributed by atoms with Crippen molar-refractivity contribution in [3.05, 3.63) is 71.1 Å². The highest BCUT2D eigenvalue weighted by atomic mass is 35.5. The van der Waals surface area contributed by atoms with E-state index in [2.05, 4.69) is 4.98 Å². The van der Waals surface area contributed by atoms with Crippen LogP contribution >= 0.6 is 22.9 Å². The lowest BCUT2D eigenvalue weighted by Crippen LogP contribution is -2.33. The number of carbonyl (C=O) groups is 1. The lowest BCUT2D eigenvalue weighted by Gasteiger charge is -2.23. The van der Waals surface area contributed by atoms with E-state index in [0.717, 1.165) is 15.8 Å². The number of carbonyl (C=O) groups excluding carboxylic acids is 1. The number of amides is 1. The summed E-state index contributed by atoms with van der Waals surface area (Å²) >= 11 is 7.49. The van der Waals surface area contributed by atoms with Gasteiger partial charge in [-0.05, 0) is 23.8 Å².